The lowest BCUT2D eigenvalue weighted by Crippen LogP contribution is -2.24. The van der Waals surface area contributed by atoms with Gasteiger partial charge in [-0.05, 0) is 49.1 Å². The lowest BCUT2D eigenvalue weighted by Gasteiger charge is -2.14. The van der Waals surface area contributed by atoms with Gasteiger partial charge in [0.1, 0.15) is 9.84 Å². The fourth-order valence-electron chi connectivity index (χ4n) is 3.30. The average Bonchev–Trinajstić information content (AvgIpc) is 2.60. The standard InChI is InChI=1S/C21H36O6S2/c1-3-4-5-6-8-19-10-12-20(13-11-19)9-7-15-27-16-14-21(17-28(2,22)23)18-29(24,25)26/h10-13,21H,3-9,14-18H2,1-2H3,(H,24,25,26). The molecule has 29 heavy (non-hydrogen) atoms. The number of rotatable bonds is 16. The molecule has 0 saturated carbocycles. The van der Waals surface area contributed by atoms with Gasteiger partial charge in [0.05, 0.1) is 11.5 Å². The highest BCUT2D eigenvalue weighted by Crippen LogP contribution is 2.12. The largest absolute Gasteiger partial charge is 0.381 e. The van der Waals surface area contributed by atoms with Crippen LogP contribution < -0.4 is 0 Å². The van der Waals surface area contributed by atoms with Crippen LogP contribution in [0.1, 0.15) is 56.6 Å². The summed E-state index contributed by atoms with van der Waals surface area (Å²) in [5.41, 5.74) is 2.63. The van der Waals surface area contributed by atoms with Gasteiger partial charge in [-0.1, -0.05) is 50.5 Å². The van der Waals surface area contributed by atoms with E-state index < -0.39 is 31.6 Å². The van der Waals surface area contributed by atoms with Crippen LogP contribution in [-0.2, 0) is 37.5 Å². The molecule has 0 fully saturated rings. The minimum atomic E-state index is -4.21. The monoisotopic (exact) mass is 448 g/mol. The van der Waals surface area contributed by atoms with Crippen LogP contribution in [0.2, 0.25) is 0 Å². The van der Waals surface area contributed by atoms with Gasteiger partial charge in [-0.2, -0.15) is 8.42 Å². The molecule has 0 radical (unpaired) electrons. The maximum Gasteiger partial charge on any atom is 0.265 e. The summed E-state index contributed by atoms with van der Waals surface area (Å²) in [6.07, 6.45) is 9.26. The molecule has 0 amide bonds. The van der Waals surface area contributed by atoms with Gasteiger partial charge in [-0.25, -0.2) is 8.42 Å². The second kappa shape index (κ2) is 13.4. The number of benzene rings is 1. The van der Waals surface area contributed by atoms with Crippen molar-refractivity contribution in [2.75, 3.05) is 31.0 Å². The minimum absolute atomic E-state index is 0.270. The van der Waals surface area contributed by atoms with E-state index in [-0.39, 0.29) is 18.8 Å². The Bertz CT molecular complexity index is 736. The molecule has 0 aromatic heterocycles. The Kier molecular flexibility index (Phi) is 12.0. The van der Waals surface area contributed by atoms with E-state index in [2.05, 4.69) is 31.2 Å². The van der Waals surface area contributed by atoms with Gasteiger partial charge in [0, 0.05) is 19.5 Å². The van der Waals surface area contributed by atoms with E-state index in [9.17, 15) is 16.8 Å². The van der Waals surface area contributed by atoms with Crippen LogP contribution in [0.5, 0.6) is 0 Å². The highest BCUT2D eigenvalue weighted by atomic mass is 32.2. The van der Waals surface area contributed by atoms with Crippen LogP contribution in [-0.4, -0.2) is 52.4 Å². The fourth-order valence-corrected chi connectivity index (χ4v) is 5.47. The van der Waals surface area contributed by atoms with Crippen molar-refractivity contribution in [3.63, 3.8) is 0 Å². The zero-order valence-electron chi connectivity index (χ0n) is 17.7. The normalized spacial score (nSPS) is 13.5. The van der Waals surface area contributed by atoms with E-state index >= 15 is 0 Å². The van der Waals surface area contributed by atoms with Gasteiger partial charge < -0.3 is 4.74 Å². The Hall–Kier alpha value is -0.960. The Morgan fingerprint density at radius 2 is 1.45 bits per heavy atom. The summed E-state index contributed by atoms with van der Waals surface area (Å²) in [7, 11) is -7.53. The van der Waals surface area contributed by atoms with Crippen molar-refractivity contribution in [1.29, 1.82) is 0 Å². The number of aryl methyl sites for hydroxylation is 2. The van der Waals surface area contributed by atoms with Crippen molar-refractivity contribution in [3.05, 3.63) is 35.4 Å². The highest BCUT2D eigenvalue weighted by molar-refractivity contribution is 7.90. The molecule has 1 rings (SSSR count). The van der Waals surface area contributed by atoms with Gasteiger partial charge in [0.25, 0.3) is 10.1 Å². The Labute approximate surface area is 176 Å². The molecular weight excluding hydrogens is 412 g/mol. The molecule has 1 aromatic carbocycles. The Morgan fingerprint density at radius 1 is 0.862 bits per heavy atom. The zero-order chi connectivity index (χ0) is 21.8. The molecule has 0 saturated heterocycles. The summed E-state index contributed by atoms with van der Waals surface area (Å²) in [4.78, 5) is 0. The number of ether oxygens (including phenoxy) is 1. The first kappa shape index (κ1) is 26.1. The van der Waals surface area contributed by atoms with Crippen molar-refractivity contribution < 1.29 is 26.1 Å². The molecule has 0 aliphatic rings. The molecule has 1 aromatic rings. The number of hydrogen-bond donors (Lipinski definition) is 1. The summed E-state index contributed by atoms with van der Waals surface area (Å²) in [6, 6.07) is 8.69. The van der Waals surface area contributed by atoms with Crippen molar-refractivity contribution in [3.8, 4) is 0 Å². The summed E-state index contributed by atoms with van der Waals surface area (Å²) in [5, 5.41) is 0. The van der Waals surface area contributed by atoms with Crippen LogP contribution >= 0.6 is 0 Å². The fraction of sp³-hybridized carbons (Fsp3) is 0.714. The molecule has 8 heteroatoms. The first-order valence-corrected chi connectivity index (χ1v) is 14.0. The van der Waals surface area contributed by atoms with E-state index in [1.54, 1.807) is 0 Å². The summed E-state index contributed by atoms with van der Waals surface area (Å²) in [5.74, 6) is -1.50. The molecule has 0 heterocycles. The summed E-state index contributed by atoms with van der Waals surface area (Å²) >= 11 is 0. The Morgan fingerprint density at radius 3 is 1.97 bits per heavy atom. The van der Waals surface area contributed by atoms with E-state index in [1.165, 1.54) is 36.8 Å². The second-order valence-electron chi connectivity index (χ2n) is 7.84. The topological polar surface area (TPSA) is 97.7 Å². The first-order valence-electron chi connectivity index (χ1n) is 10.4. The lowest BCUT2D eigenvalue weighted by molar-refractivity contribution is 0.122. The third-order valence-electron chi connectivity index (χ3n) is 4.75. The molecule has 0 bridgehead atoms. The number of sulfone groups is 1. The molecule has 168 valence electrons. The minimum Gasteiger partial charge on any atom is -0.381 e. The van der Waals surface area contributed by atoms with Gasteiger partial charge in [0.2, 0.25) is 0 Å². The molecule has 1 unspecified atom stereocenters. The molecule has 1 atom stereocenters. The summed E-state index contributed by atoms with van der Waals surface area (Å²) < 4.78 is 59.5. The van der Waals surface area contributed by atoms with E-state index in [0.717, 1.165) is 25.5 Å². The van der Waals surface area contributed by atoms with Crippen molar-refractivity contribution in [1.82, 2.24) is 0 Å². The van der Waals surface area contributed by atoms with Crippen LogP contribution in [0.25, 0.3) is 0 Å². The van der Waals surface area contributed by atoms with Crippen LogP contribution in [0.3, 0.4) is 0 Å². The average molecular weight is 449 g/mol. The van der Waals surface area contributed by atoms with Crippen molar-refractivity contribution >= 4 is 20.0 Å². The van der Waals surface area contributed by atoms with E-state index in [4.69, 9.17) is 9.29 Å². The van der Waals surface area contributed by atoms with Crippen LogP contribution in [0, 0.1) is 5.92 Å². The SMILES string of the molecule is CCCCCCc1ccc(CCCOCCC(CS(C)(=O)=O)CS(=O)(=O)O)cc1. The number of unbranched alkanes of at least 4 members (excludes halogenated alkanes) is 3. The van der Waals surface area contributed by atoms with Gasteiger partial charge in [-0.15, -0.1) is 0 Å². The second-order valence-corrected chi connectivity index (χ2v) is 11.5. The third-order valence-corrected chi connectivity index (χ3v) is 6.72. The van der Waals surface area contributed by atoms with Gasteiger partial charge >= 0.3 is 0 Å². The predicted octanol–water partition coefficient (Wildman–Crippen LogP) is 3.70. The summed E-state index contributed by atoms with van der Waals surface area (Å²) in [6.45, 7) is 3.01. The zero-order valence-corrected chi connectivity index (χ0v) is 19.3. The third kappa shape index (κ3) is 14.6. The molecule has 6 nitrogen and oxygen atoms in total. The maximum absolute atomic E-state index is 11.4. The first-order chi connectivity index (χ1) is 13.6. The smallest absolute Gasteiger partial charge is 0.265 e. The van der Waals surface area contributed by atoms with E-state index in [0.29, 0.717) is 6.61 Å². The molecule has 0 aliphatic carbocycles. The van der Waals surface area contributed by atoms with Crippen LogP contribution in [0.4, 0.5) is 0 Å². The maximum atomic E-state index is 11.4. The molecule has 0 spiro atoms. The lowest BCUT2D eigenvalue weighted by atomic mass is 10.0. The molecular formula is C21H36O6S2. The Balaban J connectivity index is 2.26. The van der Waals surface area contributed by atoms with Crippen molar-refractivity contribution in [2.24, 2.45) is 5.92 Å². The quantitative estimate of drug-likeness (QED) is 0.306. The molecule has 1 N–H and O–H groups in total. The van der Waals surface area contributed by atoms with E-state index in [1.807, 2.05) is 0 Å². The van der Waals surface area contributed by atoms with Gasteiger partial charge in [0.15, 0.2) is 0 Å². The molecule has 0 aliphatic heterocycles. The van der Waals surface area contributed by atoms with Crippen molar-refractivity contribution in [2.45, 2.75) is 58.3 Å². The van der Waals surface area contributed by atoms with Gasteiger partial charge in [-0.3, -0.25) is 4.55 Å². The predicted molar refractivity (Wildman–Crippen MR) is 118 cm³/mol. The number of hydrogen-bond acceptors (Lipinski definition) is 5. The highest BCUT2D eigenvalue weighted by Gasteiger charge is 2.21. The van der Waals surface area contributed by atoms with Crippen LogP contribution in [0.15, 0.2) is 24.3 Å².